The summed E-state index contributed by atoms with van der Waals surface area (Å²) in [5.41, 5.74) is 0. The Morgan fingerprint density at radius 1 is 0.638 bits per heavy atom. The van der Waals surface area contributed by atoms with Crippen LogP contribution >= 0.6 is 7.82 Å². The van der Waals surface area contributed by atoms with Crippen LogP contribution in [-0.4, -0.2) is 74.9 Å². The van der Waals surface area contributed by atoms with Crippen LogP contribution in [0.4, 0.5) is 0 Å². The average molecular weight is 691 g/mol. The molecule has 0 heterocycles. The lowest BCUT2D eigenvalue weighted by Crippen LogP contribution is -2.37. The Balaban J connectivity index is 4.46. The molecule has 0 aromatic carbocycles. The van der Waals surface area contributed by atoms with Crippen molar-refractivity contribution in [3.63, 3.8) is 0 Å². The minimum Gasteiger partial charge on any atom is -0.462 e. The largest absolute Gasteiger partial charge is 0.472 e. The van der Waals surface area contributed by atoms with E-state index in [9.17, 15) is 19.0 Å². The van der Waals surface area contributed by atoms with Crippen LogP contribution in [0.1, 0.15) is 162 Å². The Bertz CT molecular complexity index is 830. The van der Waals surface area contributed by atoms with E-state index >= 15 is 0 Å². The number of esters is 2. The summed E-state index contributed by atoms with van der Waals surface area (Å²) in [4.78, 5) is 35.1. The molecule has 0 saturated heterocycles. The maximum absolute atomic E-state index is 12.6. The highest BCUT2D eigenvalue weighted by Crippen LogP contribution is 2.43. The van der Waals surface area contributed by atoms with E-state index in [1.807, 2.05) is 21.1 Å². The van der Waals surface area contributed by atoms with Gasteiger partial charge in [0.05, 0.1) is 27.7 Å². The smallest absolute Gasteiger partial charge is 0.462 e. The summed E-state index contributed by atoms with van der Waals surface area (Å²) in [6, 6.07) is 0. The molecule has 0 aromatic rings. The van der Waals surface area contributed by atoms with Gasteiger partial charge in [0.1, 0.15) is 19.8 Å². The molecule has 0 rings (SSSR count). The summed E-state index contributed by atoms with van der Waals surface area (Å²) in [5.74, 6) is -0.808. The quantitative estimate of drug-likeness (QED) is 0.0234. The molecule has 0 fully saturated rings. The number of quaternary nitrogens is 1. The minimum absolute atomic E-state index is 0.0326. The molecule has 0 aliphatic carbocycles. The Morgan fingerprint density at radius 3 is 1.60 bits per heavy atom. The maximum atomic E-state index is 12.6. The van der Waals surface area contributed by atoms with Crippen LogP contribution in [0.15, 0.2) is 12.2 Å². The van der Waals surface area contributed by atoms with E-state index < -0.39 is 26.5 Å². The molecule has 0 aliphatic rings. The van der Waals surface area contributed by atoms with Crippen molar-refractivity contribution in [3.8, 4) is 0 Å². The third-order valence-electron chi connectivity index (χ3n) is 8.05. The maximum Gasteiger partial charge on any atom is 0.472 e. The molecule has 0 bridgehead atoms. The van der Waals surface area contributed by atoms with Crippen molar-refractivity contribution in [3.05, 3.63) is 12.2 Å². The number of hydrogen-bond donors (Lipinski definition) is 1. The second-order valence-electron chi connectivity index (χ2n) is 14.0. The Labute approximate surface area is 288 Å². The number of ether oxygens (including phenoxy) is 2. The Kier molecular flexibility index (Phi) is 30.0. The van der Waals surface area contributed by atoms with Crippen molar-refractivity contribution in [2.75, 3.05) is 47.5 Å². The van der Waals surface area contributed by atoms with Gasteiger partial charge in [-0.05, 0) is 38.5 Å². The Morgan fingerprint density at radius 2 is 1.09 bits per heavy atom. The van der Waals surface area contributed by atoms with Gasteiger partial charge in [0.15, 0.2) is 6.10 Å². The molecule has 1 N–H and O–H groups in total. The number of nitrogens with zero attached hydrogens (tertiary/aromatic N) is 1. The van der Waals surface area contributed by atoms with E-state index in [-0.39, 0.29) is 25.6 Å². The van der Waals surface area contributed by atoms with Gasteiger partial charge in [-0.2, -0.15) is 0 Å². The highest BCUT2D eigenvalue weighted by Gasteiger charge is 2.27. The summed E-state index contributed by atoms with van der Waals surface area (Å²) in [7, 11) is 1.47. The minimum atomic E-state index is -4.36. The van der Waals surface area contributed by atoms with Gasteiger partial charge >= 0.3 is 19.8 Å². The van der Waals surface area contributed by atoms with Crippen molar-refractivity contribution in [2.45, 2.75) is 168 Å². The molecule has 278 valence electrons. The molecule has 2 atom stereocenters. The van der Waals surface area contributed by atoms with Crippen LogP contribution in [0.3, 0.4) is 0 Å². The highest BCUT2D eigenvalue weighted by atomic mass is 31.2. The van der Waals surface area contributed by atoms with E-state index in [1.54, 1.807) is 0 Å². The van der Waals surface area contributed by atoms with Gasteiger partial charge in [0.2, 0.25) is 0 Å². The van der Waals surface area contributed by atoms with Crippen molar-refractivity contribution < 1.29 is 42.1 Å². The van der Waals surface area contributed by atoms with Crippen molar-refractivity contribution in [1.29, 1.82) is 0 Å². The number of phosphoric ester groups is 1. The number of allylic oxidation sites excluding steroid dienone is 2. The lowest BCUT2D eigenvalue weighted by molar-refractivity contribution is -0.870. The summed E-state index contributed by atoms with van der Waals surface area (Å²) in [6.45, 7) is 4.37. The lowest BCUT2D eigenvalue weighted by atomic mass is 10.1. The van der Waals surface area contributed by atoms with Crippen LogP contribution in [0.25, 0.3) is 0 Å². The van der Waals surface area contributed by atoms with Crippen LogP contribution in [-0.2, 0) is 32.7 Å². The van der Waals surface area contributed by atoms with Gasteiger partial charge < -0.3 is 18.9 Å². The number of unbranched alkanes of at least 4 members (excludes halogenated alkanes) is 18. The van der Waals surface area contributed by atoms with Crippen LogP contribution in [0, 0.1) is 0 Å². The number of carbonyl (C=O) groups excluding carboxylic acids is 2. The fraction of sp³-hybridized carbons (Fsp3) is 0.892. The Hall–Kier alpha value is -1.25. The fourth-order valence-electron chi connectivity index (χ4n) is 5.01. The summed E-state index contributed by atoms with van der Waals surface area (Å²) in [5, 5.41) is 0. The van der Waals surface area contributed by atoms with Gasteiger partial charge in [0, 0.05) is 12.8 Å². The normalized spacial score (nSPS) is 13.9. The molecule has 0 aliphatic heterocycles. The molecule has 0 amide bonds. The molecule has 10 heteroatoms. The van der Waals surface area contributed by atoms with Crippen LogP contribution in [0.5, 0.6) is 0 Å². The third-order valence-corrected chi connectivity index (χ3v) is 9.03. The first-order chi connectivity index (χ1) is 22.5. The zero-order valence-electron chi connectivity index (χ0n) is 31.0. The van der Waals surface area contributed by atoms with Crippen molar-refractivity contribution in [2.24, 2.45) is 0 Å². The van der Waals surface area contributed by atoms with E-state index in [0.29, 0.717) is 23.9 Å². The second-order valence-corrected chi connectivity index (χ2v) is 15.4. The molecule has 0 saturated carbocycles. The van der Waals surface area contributed by atoms with E-state index in [1.165, 1.54) is 77.0 Å². The molecule has 47 heavy (non-hydrogen) atoms. The first kappa shape index (κ1) is 45.8. The number of rotatable bonds is 34. The predicted molar refractivity (Wildman–Crippen MR) is 192 cm³/mol. The molecule has 9 nitrogen and oxygen atoms in total. The molecule has 1 unspecified atom stereocenters. The number of likely N-dealkylation sites (N-methyl/N-ethyl adjacent to an activating group) is 1. The van der Waals surface area contributed by atoms with Crippen LogP contribution in [0.2, 0.25) is 0 Å². The van der Waals surface area contributed by atoms with E-state index in [0.717, 1.165) is 51.4 Å². The van der Waals surface area contributed by atoms with Gasteiger partial charge in [-0.25, -0.2) is 4.57 Å². The lowest BCUT2D eigenvalue weighted by Gasteiger charge is -2.24. The van der Waals surface area contributed by atoms with Gasteiger partial charge in [0.25, 0.3) is 0 Å². The third kappa shape index (κ3) is 34.4. The van der Waals surface area contributed by atoms with Crippen molar-refractivity contribution >= 4 is 19.8 Å². The molecular formula is C37H73NO8P+. The summed E-state index contributed by atoms with van der Waals surface area (Å²) < 4.78 is 34.1. The standard InChI is InChI=1S/C37H72NO8P/c1-6-8-10-12-14-16-18-19-20-22-24-26-28-30-37(40)46-35(34-45-47(41,42)44-32-31-38(3,4)5)33-43-36(39)29-27-25-23-21-17-15-13-11-9-7-2/h16,18,35H,6-15,17,19-34H2,1-5H3/p+1/b18-16+/t35-/m0/s1. The zero-order chi connectivity index (χ0) is 35.1. The fourth-order valence-corrected chi connectivity index (χ4v) is 5.75. The second kappa shape index (κ2) is 30.8. The molecule has 0 radical (unpaired) electrons. The van der Waals surface area contributed by atoms with Gasteiger partial charge in [-0.3, -0.25) is 18.6 Å². The van der Waals surface area contributed by atoms with E-state index in [4.69, 9.17) is 18.5 Å². The van der Waals surface area contributed by atoms with Crippen LogP contribution < -0.4 is 0 Å². The average Bonchev–Trinajstić information content (AvgIpc) is 3.01. The zero-order valence-corrected chi connectivity index (χ0v) is 31.9. The van der Waals surface area contributed by atoms with Crippen molar-refractivity contribution in [1.82, 2.24) is 0 Å². The molecule has 0 spiro atoms. The predicted octanol–water partition coefficient (Wildman–Crippen LogP) is 9.85. The SMILES string of the molecule is CCCCCC/C=C/CCCCCCCC(=O)O[C@@H](COC(=O)CCCCCCCCCCCC)COP(=O)(O)OCC[N+](C)(C)C. The first-order valence-electron chi connectivity index (χ1n) is 18.9. The van der Waals surface area contributed by atoms with E-state index in [2.05, 4.69) is 26.0 Å². The molecule has 0 aromatic heterocycles. The number of hydrogen-bond acceptors (Lipinski definition) is 7. The first-order valence-corrected chi connectivity index (χ1v) is 20.4. The molecular weight excluding hydrogens is 617 g/mol. The topological polar surface area (TPSA) is 108 Å². The highest BCUT2D eigenvalue weighted by molar-refractivity contribution is 7.47. The monoisotopic (exact) mass is 691 g/mol. The summed E-state index contributed by atoms with van der Waals surface area (Å²) >= 11 is 0. The van der Waals surface area contributed by atoms with Gasteiger partial charge in [-0.1, -0.05) is 122 Å². The number of carbonyl (C=O) groups is 2. The van der Waals surface area contributed by atoms with Gasteiger partial charge in [-0.15, -0.1) is 0 Å². The summed E-state index contributed by atoms with van der Waals surface area (Å²) in [6.07, 6.45) is 28.3. The number of phosphoric acid groups is 1.